The molecule has 0 saturated carbocycles. The Hall–Kier alpha value is 0.797. The van der Waals surface area contributed by atoms with Crippen LogP contribution in [-0.2, 0) is 40.7 Å². The zero-order valence-electron chi connectivity index (χ0n) is 9.76. The molecule has 1 aliphatic heterocycles. The van der Waals surface area contributed by atoms with E-state index >= 15 is 0 Å². The van der Waals surface area contributed by atoms with Gasteiger partial charge in [0.25, 0.3) is 0 Å². The minimum Gasteiger partial charge on any atom is -0.395 e. The number of methoxy groups -OCH3 is 2. The molecule has 0 unspecified atom stereocenters. The van der Waals surface area contributed by atoms with E-state index in [0.29, 0.717) is 0 Å². The summed E-state index contributed by atoms with van der Waals surface area (Å²) in [5.41, 5.74) is -0.630. The molecule has 0 bridgehead atoms. The summed E-state index contributed by atoms with van der Waals surface area (Å²) < 4.78 is 22.2. The fourth-order valence-corrected chi connectivity index (χ4v) is 5.77. The molecule has 1 aliphatic rings. The average molecular weight is 417 g/mol. The van der Waals surface area contributed by atoms with Crippen molar-refractivity contribution in [3.8, 4) is 0 Å². The van der Waals surface area contributed by atoms with Crippen molar-refractivity contribution in [1.29, 1.82) is 0 Å². The topological polar surface area (TPSA) is 36.9 Å². The molecule has 0 aromatic carbocycles. The van der Waals surface area contributed by atoms with Gasteiger partial charge in [-0.05, 0) is 12.5 Å². The third-order valence-corrected chi connectivity index (χ3v) is 7.31. The molecule has 0 aromatic rings. The molecule has 1 fully saturated rings. The second-order valence-corrected chi connectivity index (χ2v) is 7.11. The van der Waals surface area contributed by atoms with Crippen LogP contribution in [0, 0.1) is 0 Å². The summed E-state index contributed by atoms with van der Waals surface area (Å²) in [6, 6.07) is 0.932. The van der Waals surface area contributed by atoms with Crippen LogP contribution < -0.4 is 0 Å². The van der Waals surface area contributed by atoms with E-state index in [9.17, 15) is 0 Å². The minimum atomic E-state index is -2.35. The summed E-state index contributed by atoms with van der Waals surface area (Å²) in [5, 5.41) is 0. The van der Waals surface area contributed by atoms with Gasteiger partial charge in [-0.15, -0.1) is 0 Å². The first-order valence-corrected chi connectivity index (χ1v) is 6.93. The molecule has 1 heterocycles. The van der Waals surface area contributed by atoms with Crippen LogP contribution in [0.2, 0.25) is 6.04 Å². The van der Waals surface area contributed by atoms with Gasteiger partial charge in [0, 0.05) is 57.2 Å². The largest absolute Gasteiger partial charge is 0.399 e. The van der Waals surface area contributed by atoms with Gasteiger partial charge in [-0.1, -0.05) is 6.42 Å². The van der Waals surface area contributed by atoms with Crippen LogP contribution in [0.5, 0.6) is 0 Å². The van der Waals surface area contributed by atoms with E-state index in [1.54, 1.807) is 28.4 Å². The first-order valence-electron chi connectivity index (χ1n) is 4.91. The third kappa shape index (κ3) is 2.55. The Balaban J connectivity index is 0.00000196. The summed E-state index contributed by atoms with van der Waals surface area (Å²) >= 11 is 0. The maximum atomic E-state index is 5.59. The second-order valence-electron chi connectivity index (χ2n) is 3.53. The van der Waals surface area contributed by atoms with Crippen LogP contribution in [0.1, 0.15) is 19.3 Å². The molecular weight excluding hydrogens is 397 g/mol. The molecule has 1 rings (SSSR count). The van der Waals surface area contributed by atoms with Crippen LogP contribution >= 0.6 is 0 Å². The Morgan fingerprint density at radius 1 is 0.933 bits per heavy atom. The summed E-state index contributed by atoms with van der Waals surface area (Å²) in [4.78, 5) is 0. The summed E-state index contributed by atoms with van der Waals surface area (Å²) in [6.45, 7) is 0. The molecule has 0 amide bonds. The van der Waals surface area contributed by atoms with Gasteiger partial charge >= 0.3 is 8.56 Å². The molecule has 0 aromatic heterocycles. The smallest absolute Gasteiger partial charge is 0.395 e. The first-order chi connectivity index (χ1) is 6.70. The predicted molar refractivity (Wildman–Crippen MR) is 55.2 cm³/mol. The molecule has 6 heteroatoms. The quantitative estimate of drug-likeness (QED) is 0.513. The molecule has 1 saturated heterocycles. The molecule has 95 valence electrons. The molecule has 0 N–H and O–H groups in total. The van der Waals surface area contributed by atoms with E-state index < -0.39 is 14.0 Å². The van der Waals surface area contributed by atoms with Crippen LogP contribution in [0.25, 0.3) is 0 Å². The average Bonchev–Trinajstić information content (AvgIpc) is 2.28. The molecular formula is C9H20AuO4Si. The third-order valence-electron chi connectivity index (χ3n) is 3.16. The Morgan fingerprint density at radius 2 is 1.47 bits per heavy atom. The monoisotopic (exact) mass is 417 g/mol. The van der Waals surface area contributed by atoms with Gasteiger partial charge in [0.15, 0.2) is 0 Å². The van der Waals surface area contributed by atoms with Crippen molar-refractivity contribution in [2.75, 3.05) is 28.4 Å². The Morgan fingerprint density at radius 3 is 1.80 bits per heavy atom. The first kappa shape index (κ1) is 15.8. The second kappa shape index (κ2) is 6.51. The molecule has 1 radical (unpaired) electrons. The SMILES string of the molecule is COC1(OC)CCCC[Si]1(OC)OC.[Au]. The van der Waals surface area contributed by atoms with Crippen LogP contribution in [0.3, 0.4) is 0 Å². The number of rotatable bonds is 4. The van der Waals surface area contributed by atoms with Crippen LogP contribution in [0.4, 0.5) is 0 Å². The Labute approximate surface area is 108 Å². The van der Waals surface area contributed by atoms with Crippen molar-refractivity contribution in [1.82, 2.24) is 0 Å². The summed E-state index contributed by atoms with van der Waals surface area (Å²) in [5.74, 6) is 0. The van der Waals surface area contributed by atoms with Crippen molar-refractivity contribution in [3.63, 3.8) is 0 Å². The van der Waals surface area contributed by atoms with Gasteiger partial charge in [0.1, 0.15) is 0 Å². The molecule has 0 aliphatic carbocycles. The van der Waals surface area contributed by atoms with Crippen molar-refractivity contribution in [2.45, 2.75) is 30.7 Å². The predicted octanol–water partition coefficient (Wildman–Crippen LogP) is 1.43. The van der Waals surface area contributed by atoms with Gasteiger partial charge < -0.3 is 18.3 Å². The zero-order chi connectivity index (χ0) is 10.7. The molecule has 0 atom stereocenters. The van der Waals surface area contributed by atoms with Gasteiger partial charge in [-0.25, -0.2) is 0 Å². The van der Waals surface area contributed by atoms with Crippen LogP contribution in [0.15, 0.2) is 0 Å². The molecule has 15 heavy (non-hydrogen) atoms. The van der Waals surface area contributed by atoms with Gasteiger partial charge in [-0.2, -0.15) is 0 Å². The summed E-state index contributed by atoms with van der Waals surface area (Å²) in [7, 11) is 4.34. The van der Waals surface area contributed by atoms with Crippen LogP contribution in [-0.4, -0.2) is 42.4 Å². The van der Waals surface area contributed by atoms with Gasteiger partial charge in [-0.3, -0.25) is 0 Å². The van der Waals surface area contributed by atoms with E-state index in [2.05, 4.69) is 0 Å². The normalized spacial score (nSPS) is 23.2. The van der Waals surface area contributed by atoms with Crippen molar-refractivity contribution in [3.05, 3.63) is 0 Å². The fraction of sp³-hybridized carbons (Fsp3) is 1.00. The Bertz CT molecular complexity index is 163. The number of hydrogen-bond acceptors (Lipinski definition) is 4. The molecule has 4 nitrogen and oxygen atoms in total. The number of hydrogen-bond donors (Lipinski definition) is 0. The van der Waals surface area contributed by atoms with E-state index in [0.717, 1.165) is 25.3 Å². The van der Waals surface area contributed by atoms with Crippen molar-refractivity contribution in [2.24, 2.45) is 0 Å². The van der Waals surface area contributed by atoms with Gasteiger partial charge in [0.05, 0.1) is 0 Å². The fourth-order valence-electron chi connectivity index (χ4n) is 2.29. The molecule has 0 spiro atoms. The number of ether oxygens (including phenoxy) is 2. The van der Waals surface area contributed by atoms with Gasteiger partial charge in [0.2, 0.25) is 5.41 Å². The van der Waals surface area contributed by atoms with E-state index in [-0.39, 0.29) is 22.4 Å². The van der Waals surface area contributed by atoms with Crippen molar-refractivity contribution < 1.29 is 40.7 Å². The maximum Gasteiger partial charge on any atom is 0.399 e. The standard InChI is InChI=1S/C9H20O4Si.Au/c1-10-9(11-2)7-5-6-8-14(9,12-3)13-4;/h5-8H2,1-4H3;. The van der Waals surface area contributed by atoms with E-state index in [4.69, 9.17) is 18.3 Å². The van der Waals surface area contributed by atoms with Crippen molar-refractivity contribution >= 4 is 8.56 Å². The zero-order valence-corrected chi connectivity index (χ0v) is 12.9. The Kier molecular flexibility index (Phi) is 6.86. The maximum absolute atomic E-state index is 5.59. The van der Waals surface area contributed by atoms with E-state index in [1.807, 2.05) is 0 Å². The summed E-state index contributed by atoms with van der Waals surface area (Å²) in [6.07, 6.45) is 3.08. The minimum absolute atomic E-state index is 0. The van der Waals surface area contributed by atoms with E-state index in [1.165, 1.54) is 0 Å².